The SMILES string of the molecule is Cc1cc(S(=O)(=O)O)cc(S(=O)(=O)O)c1-n1[nH]c(-c2cccs2)cc1=O. The third-order valence-corrected chi connectivity index (χ3v) is 6.15. The van der Waals surface area contributed by atoms with E-state index in [2.05, 4.69) is 5.10 Å². The second kappa shape index (κ2) is 6.17. The summed E-state index contributed by atoms with van der Waals surface area (Å²) in [5.41, 5.74) is -0.396. The number of nitrogens with zero attached hydrogens (tertiary/aromatic N) is 1. The Labute approximate surface area is 152 Å². The van der Waals surface area contributed by atoms with Crippen molar-refractivity contribution < 1.29 is 25.9 Å². The van der Waals surface area contributed by atoms with Gasteiger partial charge in [-0.15, -0.1) is 11.3 Å². The van der Waals surface area contributed by atoms with Crippen molar-refractivity contribution in [2.24, 2.45) is 0 Å². The minimum atomic E-state index is -4.90. The van der Waals surface area contributed by atoms with Crippen molar-refractivity contribution in [2.45, 2.75) is 16.7 Å². The molecule has 2 heterocycles. The van der Waals surface area contributed by atoms with Gasteiger partial charge in [0.15, 0.2) is 0 Å². The Morgan fingerprint density at radius 2 is 1.77 bits per heavy atom. The minimum Gasteiger partial charge on any atom is -0.289 e. The number of hydrogen-bond donors (Lipinski definition) is 3. The molecule has 0 saturated heterocycles. The van der Waals surface area contributed by atoms with Crippen LogP contribution in [0.3, 0.4) is 0 Å². The van der Waals surface area contributed by atoms with E-state index >= 15 is 0 Å². The number of hydrogen-bond acceptors (Lipinski definition) is 6. The van der Waals surface area contributed by atoms with Gasteiger partial charge in [0.1, 0.15) is 4.90 Å². The number of aryl methyl sites for hydroxylation is 1. The molecular formula is C14H12N2O7S3. The van der Waals surface area contributed by atoms with Gasteiger partial charge in [0.2, 0.25) is 0 Å². The highest BCUT2D eigenvalue weighted by molar-refractivity contribution is 7.86. The van der Waals surface area contributed by atoms with Gasteiger partial charge >= 0.3 is 0 Å². The molecule has 0 amide bonds. The van der Waals surface area contributed by atoms with Crippen LogP contribution in [-0.2, 0) is 20.2 Å². The summed E-state index contributed by atoms with van der Waals surface area (Å²) < 4.78 is 65.8. The Balaban J connectivity index is 2.34. The number of aromatic amines is 1. The zero-order valence-electron chi connectivity index (χ0n) is 13.1. The summed E-state index contributed by atoms with van der Waals surface area (Å²) in [6, 6.07) is 6.35. The molecule has 0 aliphatic carbocycles. The first-order valence-corrected chi connectivity index (χ1v) is 10.7. The van der Waals surface area contributed by atoms with Gasteiger partial charge in [-0.25, -0.2) is 4.68 Å². The Morgan fingerprint density at radius 1 is 1.08 bits per heavy atom. The zero-order chi connectivity index (χ0) is 19.3. The maximum atomic E-state index is 12.3. The van der Waals surface area contributed by atoms with Crippen LogP contribution in [-0.4, -0.2) is 35.7 Å². The lowest BCUT2D eigenvalue weighted by molar-refractivity contribution is 0.480. The maximum absolute atomic E-state index is 12.3. The predicted octanol–water partition coefficient (Wildman–Crippen LogP) is 1.70. The quantitative estimate of drug-likeness (QED) is 0.548. The predicted molar refractivity (Wildman–Crippen MR) is 94.1 cm³/mol. The van der Waals surface area contributed by atoms with Crippen LogP contribution >= 0.6 is 11.3 Å². The third-order valence-electron chi connectivity index (χ3n) is 3.55. The molecule has 2 aromatic heterocycles. The molecule has 3 rings (SSSR count). The van der Waals surface area contributed by atoms with Crippen molar-refractivity contribution in [1.29, 1.82) is 0 Å². The van der Waals surface area contributed by atoms with Crippen LogP contribution in [0.5, 0.6) is 0 Å². The van der Waals surface area contributed by atoms with E-state index < -0.39 is 35.6 Å². The van der Waals surface area contributed by atoms with Crippen molar-refractivity contribution in [1.82, 2.24) is 9.78 Å². The first-order valence-electron chi connectivity index (χ1n) is 6.94. The average Bonchev–Trinajstić information content (AvgIpc) is 3.14. The third kappa shape index (κ3) is 3.37. The molecular weight excluding hydrogens is 404 g/mol. The smallest absolute Gasteiger partial charge is 0.289 e. The lowest BCUT2D eigenvalue weighted by Gasteiger charge is -2.12. The molecule has 0 spiro atoms. The molecule has 1 aromatic carbocycles. The van der Waals surface area contributed by atoms with E-state index in [4.69, 9.17) is 4.55 Å². The summed E-state index contributed by atoms with van der Waals surface area (Å²) in [5, 5.41) is 4.53. The molecule has 0 aliphatic heterocycles. The first kappa shape index (κ1) is 18.5. The van der Waals surface area contributed by atoms with Gasteiger partial charge in [-0.05, 0) is 36.1 Å². The van der Waals surface area contributed by atoms with Crippen LogP contribution in [0.1, 0.15) is 5.56 Å². The van der Waals surface area contributed by atoms with Crippen LogP contribution in [0.2, 0.25) is 0 Å². The molecule has 12 heteroatoms. The number of aromatic nitrogens is 2. The fourth-order valence-corrected chi connectivity index (χ4v) is 4.60. The molecule has 3 N–H and O–H groups in total. The lowest BCUT2D eigenvalue weighted by atomic mass is 10.2. The van der Waals surface area contributed by atoms with Crippen molar-refractivity contribution >= 4 is 31.6 Å². The highest BCUT2D eigenvalue weighted by Gasteiger charge is 2.25. The molecule has 0 unspecified atom stereocenters. The summed E-state index contributed by atoms with van der Waals surface area (Å²) >= 11 is 1.35. The molecule has 0 atom stereocenters. The fourth-order valence-electron chi connectivity index (χ4n) is 2.47. The van der Waals surface area contributed by atoms with Gasteiger partial charge in [-0.2, -0.15) is 16.8 Å². The van der Waals surface area contributed by atoms with Gasteiger partial charge < -0.3 is 0 Å². The van der Waals surface area contributed by atoms with Crippen LogP contribution in [0.25, 0.3) is 16.3 Å². The van der Waals surface area contributed by atoms with Gasteiger partial charge in [-0.1, -0.05) is 6.07 Å². The van der Waals surface area contributed by atoms with E-state index in [-0.39, 0.29) is 11.3 Å². The monoisotopic (exact) mass is 416 g/mol. The second-order valence-electron chi connectivity index (χ2n) is 5.36. The standard InChI is InChI=1S/C14H12N2O7S3/c1-8-5-9(25(18,19)20)6-12(26(21,22)23)14(8)16-13(17)7-10(15-16)11-3-2-4-24-11/h2-7,15H,1H3,(H,18,19,20)(H,21,22,23). The van der Waals surface area contributed by atoms with Crippen LogP contribution in [0.15, 0.2) is 50.3 Å². The Morgan fingerprint density at radius 3 is 2.31 bits per heavy atom. The Kier molecular flexibility index (Phi) is 4.40. The lowest BCUT2D eigenvalue weighted by Crippen LogP contribution is -2.19. The number of nitrogens with one attached hydrogen (secondary N) is 1. The van der Waals surface area contributed by atoms with Crippen molar-refractivity contribution in [2.75, 3.05) is 0 Å². The van der Waals surface area contributed by atoms with Gasteiger partial charge in [-0.3, -0.25) is 19.0 Å². The number of thiophene rings is 1. The zero-order valence-corrected chi connectivity index (χ0v) is 15.5. The first-order chi connectivity index (χ1) is 12.0. The highest BCUT2D eigenvalue weighted by Crippen LogP contribution is 2.28. The molecule has 0 radical (unpaired) electrons. The number of rotatable bonds is 4. The van der Waals surface area contributed by atoms with Gasteiger partial charge in [0.25, 0.3) is 25.8 Å². The fraction of sp³-hybridized carbons (Fsp3) is 0.0714. The minimum absolute atomic E-state index is 0.0365. The maximum Gasteiger partial charge on any atom is 0.296 e. The summed E-state index contributed by atoms with van der Waals surface area (Å²) in [7, 11) is -9.62. The van der Waals surface area contributed by atoms with Crippen LogP contribution in [0, 0.1) is 6.92 Å². The van der Waals surface area contributed by atoms with E-state index in [1.807, 2.05) is 0 Å². The highest BCUT2D eigenvalue weighted by atomic mass is 32.2. The second-order valence-corrected chi connectivity index (χ2v) is 9.12. The molecule has 0 fully saturated rings. The van der Waals surface area contributed by atoms with Crippen LogP contribution in [0.4, 0.5) is 0 Å². The Hall–Kier alpha value is -2.25. The molecule has 0 saturated carbocycles. The topological polar surface area (TPSA) is 147 Å². The van der Waals surface area contributed by atoms with E-state index in [0.717, 1.165) is 15.6 Å². The molecule has 3 aromatic rings. The van der Waals surface area contributed by atoms with E-state index in [0.29, 0.717) is 11.8 Å². The average molecular weight is 416 g/mol. The molecule has 0 bridgehead atoms. The molecule has 138 valence electrons. The summed E-state index contributed by atoms with van der Waals surface area (Å²) in [6.45, 7) is 1.34. The number of benzene rings is 1. The van der Waals surface area contributed by atoms with Crippen molar-refractivity contribution in [3.63, 3.8) is 0 Å². The van der Waals surface area contributed by atoms with Crippen molar-refractivity contribution in [3.05, 3.63) is 51.6 Å². The largest absolute Gasteiger partial charge is 0.296 e. The summed E-state index contributed by atoms with van der Waals surface area (Å²) in [4.78, 5) is 11.5. The Bertz CT molecular complexity index is 1250. The number of H-pyrrole nitrogens is 1. The molecule has 0 aliphatic rings. The molecule has 26 heavy (non-hydrogen) atoms. The van der Waals surface area contributed by atoms with E-state index in [1.165, 1.54) is 24.3 Å². The summed E-state index contributed by atoms with van der Waals surface area (Å²) in [6.07, 6.45) is 0. The van der Waals surface area contributed by atoms with E-state index in [9.17, 15) is 26.2 Å². The normalized spacial score (nSPS) is 12.4. The van der Waals surface area contributed by atoms with E-state index in [1.54, 1.807) is 17.5 Å². The van der Waals surface area contributed by atoms with Gasteiger partial charge in [0.05, 0.1) is 21.2 Å². The van der Waals surface area contributed by atoms with Gasteiger partial charge in [0, 0.05) is 6.07 Å². The van der Waals surface area contributed by atoms with Crippen LogP contribution < -0.4 is 5.56 Å². The van der Waals surface area contributed by atoms with Crippen molar-refractivity contribution in [3.8, 4) is 16.3 Å². The summed E-state index contributed by atoms with van der Waals surface area (Å²) in [5.74, 6) is 0. The molecule has 9 nitrogen and oxygen atoms in total.